The number of Topliss-reactive ketones (excluding diaryl/α,β-unsaturated/α-hetero) is 1. The lowest BCUT2D eigenvalue weighted by Gasteiger charge is -2.24. The molecule has 1 saturated heterocycles. The van der Waals surface area contributed by atoms with E-state index in [1.54, 1.807) is 0 Å². The van der Waals surface area contributed by atoms with Crippen molar-refractivity contribution < 1.29 is 31.9 Å². The third-order valence-electron chi connectivity index (χ3n) is 3.75. The first-order valence-corrected chi connectivity index (χ1v) is 7.22. The van der Waals surface area contributed by atoms with Crippen LogP contribution in [0, 0.1) is 5.82 Å². The maximum absolute atomic E-state index is 13.1. The van der Waals surface area contributed by atoms with Gasteiger partial charge in [-0.05, 0) is 42.0 Å². The van der Waals surface area contributed by atoms with Crippen LogP contribution in [-0.4, -0.2) is 18.1 Å². The van der Waals surface area contributed by atoms with Crippen LogP contribution in [0.25, 0.3) is 0 Å². The van der Waals surface area contributed by atoms with E-state index in [4.69, 9.17) is 0 Å². The number of anilines is 1. The molecule has 1 aliphatic heterocycles. The molecule has 4 nitrogen and oxygen atoms in total. The summed E-state index contributed by atoms with van der Waals surface area (Å²) in [6.45, 7) is 0. The number of carbonyl (C=O) groups is 2. The monoisotopic (exact) mass is 353 g/mol. The molecule has 130 valence electrons. The number of carbonyl (C=O) groups excluding carboxylic acids is 2. The summed E-state index contributed by atoms with van der Waals surface area (Å²) in [5.74, 6) is -2.28. The van der Waals surface area contributed by atoms with Crippen molar-refractivity contribution in [2.45, 2.75) is 18.8 Å². The molecule has 1 unspecified atom stereocenters. The molecule has 25 heavy (non-hydrogen) atoms. The Bertz CT molecular complexity index is 800. The second kappa shape index (κ2) is 6.19. The van der Waals surface area contributed by atoms with Gasteiger partial charge in [0.15, 0.2) is 0 Å². The number of ketones is 1. The molecule has 0 saturated carbocycles. The van der Waals surface area contributed by atoms with Crippen molar-refractivity contribution in [1.82, 2.24) is 0 Å². The van der Waals surface area contributed by atoms with Crippen LogP contribution in [0.5, 0.6) is 5.75 Å². The third kappa shape index (κ3) is 3.62. The quantitative estimate of drug-likeness (QED) is 0.623. The predicted molar refractivity (Wildman–Crippen MR) is 79.4 cm³/mol. The van der Waals surface area contributed by atoms with Crippen molar-refractivity contribution in [3.05, 3.63) is 59.9 Å². The van der Waals surface area contributed by atoms with Crippen molar-refractivity contribution in [3.8, 4) is 5.75 Å². The Labute approximate surface area is 139 Å². The molecule has 1 atom stereocenters. The summed E-state index contributed by atoms with van der Waals surface area (Å²) in [5, 5.41) is 0. The van der Waals surface area contributed by atoms with Crippen LogP contribution in [0.4, 0.5) is 23.2 Å². The second-order valence-corrected chi connectivity index (χ2v) is 5.41. The van der Waals surface area contributed by atoms with Gasteiger partial charge in [0.1, 0.15) is 11.6 Å². The van der Waals surface area contributed by atoms with Gasteiger partial charge in [-0.15, -0.1) is 13.2 Å². The van der Waals surface area contributed by atoms with Gasteiger partial charge in [-0.3, -0.25) is 14.5 Å². The highest BCUT2D eigenvalue weighted by molar-refractivity contribution is 6.44. The SMILES string of the molecule is O=C1CC(c2ccc(F)cc2)N(c2ccc(OC(F)(F)F)cc2)C1=O. The van der Waals surface area contributed by atoms with E-state index in [0.717, 1.165) is 12.1 Å². The average Bonchev–Trinajstić information content (AvgIpc) is 2.83. The number of alkyl halides is 3. The van der Waals surface area contributed by atoms with Gasteiger partial charge in [0, 0.05) is 12.1 Å². The lowest BCUT2D eigenvalue weighted by Crippen LogP contribution is -2.29. The van der Waals surface area contributed by atoms with E-state index in [9.17, 15) is 27.2 Å². The lowest BCUT2D eigenvalue weighted by molar-refractivity contribution is -0.274. The molecule has 1 aliphatic rings. The van der Waals surface area contributed by atoms with Crippen molar-refractivity contribution in [3.63, 3.8) is 0 Å². The zero-order chi connectivity index (χ0) is 18.2. The zero-order valence-corrected chi connectivity index (χ0v) is 12.6. The maximum atomic E-state index is 13.1. The molecule has 2 aromatic rings. The molecular weight excluding hydrogens is 342 g/mol. The van der Waals surface area contributed by atoms with Crippen molar-refractivity contribution in [2.75, 3.05) is 4.90 Å². The Kier molecular flexibility index (Phi) is 4.20. The van der Waals surface area contributed by atoms with E-state index in [1.807, 2.05) is 0 Å². The highest BCUT2D eigenvalue weighted by atomic mass is 19.4. The molecule has 1 heterocycles. The fourth-order valence-electron chi connectivity index (χ4n) is 2.69. The lowest BCUT2D eigenvalue weighted by atomic mass is 10.0. The second-order valence-electron chi connectivity index (χ2n) is 5.41. The summed E-state index contributed by atoms with van der Waals surface area (Å²) >= 11 is 0. The van der Waals surface area contributed by atoms with Crippen LogP contribution in [0.1, 0.15) is 18.0 Å². The largest absolute Gasteiger partial charge is 0.573 e. The van der Waals surface area contributed by atoms with Gasteiger partial charge in [0.05, 0.1) is 6.04 Å². The Balaban J connectivity index is 1.91. The minimum atomic E-state index is -4.82. The summed E-state index contributed by atoms with van der Waals surface area (Å²) in [5.41, 5.74) is 0.802. The number of rotatable bonds is 3. The van der Waals surface area contributed by atoms with Gasteiger partial charge < -0.3 is 4.74 Å². The number of benzene rings is 2. The molecule has 0 aromatic heterocycles. The maximum Gasteiger partial charge on any atom is 0.573 e. The molecule has 0 bridgehead atoms. The van der Waals surface area contributed by atoms with Crippen LogP contribution >= 0.6 is 0 Å². The van der Waals surface area contributed by atoms with E-state index in [0.29, 0.717) is 5.56 Å². The van der Waals surface area contributed by atoms with Gasteiger partial charge in [-0.2, -0.15) is 0 Å². The molecule has 1 amide bonds. The summed E-state index contributed by atoms with van der Waals surface area (Å²) in [6, 6.07) is 9.32. The Hall–Kier alpha value is -2.90. The number of amides is 1. The number of ether oxygens (including phenoxy) is 1. The van der Waals surface area contributed by atoms with Crippen molar-refractivity contribution >= 4 is 17.4 Å². The predicted octanol–water partition coefficient (Wildman–Crippen LogP) is 3.77. The normalized spacial score (nSPS) is 17.9. The summed E-state index contributed by atoms with van der Waals surface area (Å²) in [6.07, 6.45) is -4.91. The van der Waals surface area contributed by atoms with E-state index < -0.39 is 35.7 Å². The van der Waals surface area contributed by atoms with Crippen LogP contribution in [0.15, 0.2) is 48.5 Å². The van der Waals surface area contributed by atoms with Crippen LogP contribution in [0.2, 0.25) is 0 Å². The number of hydrogen-bond donors (Lipinski definition) is 0. The van der Waals surface area contributed by atoms with Crippen molar-refractivity contribution in [1.29, 1.82) is 0 Å². The molecule has 0 aliphatic carbocycles. The molecule has 0 spiro atoms. The van der Waals surface area contributed by atoms with E-state index >= 15 is 0 Å². The number of hydrogen-bond acceptors (Lipinski definition) is 3. The van der Waals surface area contributed by atoms with Crippen LogP contribution in [-0.2, 0) is 9.59 Å². The van der Waals surface area contributed by atoms with E-state index in [2.05, 4.69) is 4.74 Å². The van der Waals surface area contributed by atoms with Crippen LogP contribution < -0.4 is 9.64 Å². The van der Waals surface area contributed by atoms with Gasteiger partial charge in [0.25, 0.3) is 5.91 Å². The van der Waals surface area contributed by atoms with Crippen LogP contribution in [0.3, 0.4) is 0 Å². The molecule has 2 aromatic carbocycles. The highest BCUT2D eigenvalue weighted by Crippen LogP contribution is 2.36. The molecular formula is C17H11F4NO3. The third-order valence-corrected chi connectivity index (χ3v) is 3.75. The minimum Gasteiger partial charge on any atom is -0.406 e. The topological polar surface area (TPSA) is 46.6 Å². The highest BCUT2D eigenvalue weighted by Gasteiger charge is 2.40. The summed E-state index contributed by atoms with van der Waals surface area (Å²) in [7, 11) is 0. The fraction of sp³-hybridized carbons (Fsp3) is 0.176. The first-order chi connectivity index (χ1) is 11.7. The molecule has 3 rings (SSSR count). The van der Waals surface area contributed by atoms with E-state index in [-0.39, 0.29) is 12.1 Å². The minimum absolute atomic E-state index is 0.0920. The molecule has 0 radical (unpaired) electrons. The number of nitrogens with zero attached hydrogens (tertiary/aromatic N) is 1. The van der Waals surface area contributed by atoms with Gasteiger partial charge in [0.2, 0.25) is 5.78 Å². The fourth-order valence-corrected chi connectivity index (χ4v) is 2.69. The Morgan fingerprint density at radius 3 is 2.12 bits per heavy atom. The average molecular weight is 353 g/mol. The smallest absolute Gasteiger partial charge is 0.406 e. The molecule has 1 fully saturated rings. The van der Waals surface area contributed by atoms with Crippen molar-refractivity contribution in [2.24, 2.45) is 0 Å². The van der Waals surface area contributed by atoms with Gasteiger partial charge in [-0.25, -0.2) is 4.39 Å². The summed E-state index contributed by atoms with van der Waals surface area (Å²) in [4.78, 5) is 25.2. The van der Waals surface area contributed by atoms with Gasteiger partial charge in [-0.1, -0.05) is 12.1 Å². The first-order valence-electron chi connectivity index (χ1n) is 7.22. The number of halogens is 4. The Morgan fingerprint density at radius 2 is 1.56 bits per heavy atom. The summed E-state index contributed by atoms with van der Waals surface area (Å²) < 4.78 is 53.5. The Morgan fingerprint density at radius 1 is 0.960 bits per heavy atom. The molecule has 8 heteroatoms. The molecule has 0 N–H and O–H groups in total. The zero-order valence-electron chi connectivity index (χ0n) is 12.6. The standard InChI is InChI=1S/C17H11F4NO3/c18-11-3-1-10(2-4-11)14-9-15(23)16(24)22(14)12-5-7-13(8-6-12)25-17(19,20)21/h1-8,14H,9H2. The first kappa shape index (κ1) is 16.9. The van der Waals surface area contributed by atoms with Gasteiger partial charge >= 0.3 is 6.36 Å². The van der Waals surface area contributed by atoms with E-state index in [1.165, 1.54) is 41.3 Å².